The van der Waals surface area contributed by atoms with Gasteiger partial charge in [0.15, 0.2) is 0 Å². The summed E-state index contributed by atoms with van der Waals surface area (Å²) in [7, 11) is 0. The third-order valence-corrected chi connectivity index (χ3v) is 3.80. The van der Waals surface area contributed by atoms with Crippen LogP contribution in [0.1, 0.15) is 44.2 Å². The molecule has 4 nitrogen and oxygen atoms in total. The van der Waals surface area contributed by atoms with Crippen molar-refractivity contribution in [2.75, 3.05) is 13.2 Å². The lowest BCUT2D eigenvalue weighted by atomic mass is 10.0. The summed E-state index contributed by atoms with van der Waals surface area (Å²) >= 11 is 0. The zero-order chi connectivity index (χ0) is 16.1. The van der Waals surface area contributed by atoms with Crippen LogP contribution in [0.3, 0.4) is 0 Å². The largest absolute Gasteiger partial charge is 0.395 e. The van der Waals surface area contributed by atoms with Crippen LogP contribution >= 0.6 is 0 Å². The minimum absolute atomic E-state index is 0.104. The van der Waals surface area contributed by atoms with Crippen LogP contribution < -0.4 is 5.32 Å². The molecule has 2 amide bonds. The molecule has 2 N–H and O–H groups in total. The highest BCUT2D eigenvalue weighted by atomic mass is 19.1. The predicted octanol–water partition coefficient (Wildman–Crippen LogP) is 2.97. The molecule has 6 heteroatoms. The minimum atomic E-state index is -0.654. The van der Waals surface area contributed by atoms with E-state index in [0.29, 0.717) is 6.42 Å². The molecule has 122 valence electrons. The van der Waals surface area contributed by atoms with E-state index in [1.165, 1.54) is 12.1 Å². The maximum atomic E-state index is 13.9. The maximum absolute atomic E-state index is 13.9. The van der Waals surface area contributed by atoms with Crippen molar-refractivity contribution in [1.82, 2.24) is 10.2 Å². The fraction of sp³-hybridized carbons (Fsp3) is 0.562. The van der Waals surface area contributed by atoms with E-state index >= 15 is 0 Å². The third kappa shape index (κ3) is 4.16. The second kappa shape index (κ2) is 7.54. The summed E-state index contributed by atoms with van der Waals surface area (Å²) in [6, 6.07) is 2.75. The molecule has 0 heterocycles. The number of rotatable bonds is 7. The molecule has 1 aliphatic carbocycles. The molecule has 1 aromatic carbocycles. The molecular formula is C16H22F2N2O2. The van der Waals surface area contributed by atoms with Crippen molar-refractivity contribution in [2.24, 2.45) is 0 Å². The number of hydrogen-bond donors (Lipinski definition) is 2. The first-order chi connectivity index (χ1) is 10.6. The average Bonchev–Trinajstić information content (AvgIpc) is 3.28. The smallest absolute Gasteiger partial charge is 0.318 e. The Morgan fingerprint density at radius 2 is 2.18 bits per heavy atom. The quantitative estimate of drug-likeness (QED) is 0.813. The topological polar surface area (TPSA) is 52.6 Å². The minimum Gasteiger partial charge on any atom is -0.395 e. The number of aliphatic hydroxyl groups is 1. The number of nitrogens with one attached hydrogen (secondary N) is 1. The van der Waals surface area contributed by atoms with Gasteiger partial charge in [-0.05, 0) is 25.3 Å². The third-order valence-electron chi connectivity index (χ3n) is 3.80. The molecule has 2 rings (SSSR count). The van der Waals surface area contributed by atoms with Gasteiger partial charge < -0.3 is 15.3 Å². The van der Waals surface area contributed by atoms with Crippen molar-refractivity contribution in [2.45, 2.75) is 44.7 Å². The monoisotopic (exact) mass is 312 g/mol. The molecule has 1 aliphatic rings. The van der Waals surface area contributed by atoms with Gasteiger partial charge in [0.25, 0.3) is 0 Å². The molecule has 22 heavy (non-hydrogen) atoms. The van der Waals surface area contributed by atoms with Crippen LogP contribution in [0.4, 0.5) is 13.6 Å². The number of amides is 2. The molecule has 0 bridgehead atoms. The Kier molecular flexibility index (Phi) is 5.71. The van der Waals surface area contributed by atoms with Crippen LogP contribution in [0.15, 0.2) is 18.2 Å². The van der Waals surface area contributed by atoms with Gasteiger partial charge in [-0.25, -0.2) is 13.6 Å². The SMILES string of the molecule is CCCC(NC(=O)N(CCO)C1CC1)c1ccc(F)cc1F. The predicted molar refractivity (Wildman–Crippen MR) is 79.4 cm³/mol. The van der Waals surface area contributed by atoms with Crippen LogP contribution in [0.2, 0.25) is 0 Å². The fourth-order valence-electron chi connectivity index (χ4n) is 2.55. The highest BCUT2D eigenvalue weighted by Gasteiger charge is 2.33. The Labute approximate surface area is 129 Å². The molecule has 0 aliphatic heterocycles. The number of urea groups is 1. The lowest BCUT2D eigenvalue weighted by molar-refractivity contribution is 0.169. The molecule has 1 fully saturated rings. The fourth-order valence-corrected chi connectivity index (χ4v) is 2.55. The van der Waals surface area contributed by atoms with E-state index in [0.717, 1.165) is 25.3 Å². The Hall–Kier alpha value is -1.69. The molecule has 1 unspecified atom stereocenters. The second-order valence-electron chi connectivity index (χ2n) is 5.60. The number of aliphatic hydroxyl groups excluding tert-OH is 1. The Bertz CT molecular complexity index is 521. The van der Waals surface area contributed by atoms with Gasteiger partial charge in [-0.3, -0.25) is 0 Å². The van der Waals surface area contributed by atoms with Crippen molar-refractivity contribution in [1.29, 1.82) is 0 Å². The molecule has 0 aromatic heterocycles. The number of halogens is 2. The first-order valence-corrected chi connectivity index (χ1v) is 7.69. The number of hydrogen-bond acceptors (Lipinski definition) is 2. The molecular weight excluding hydrogens is 290 g/mol. The van der Waals surface area contributed by atoms with Crippen molar-refractivity contribution in [3.8, 4) is 0 Å². The highest BCUT2D eigenvalue weighted by Crippen LogP contribution is 2.28. The van der Waals surface area contributed by atoms with Crippen molar-refractivity contribution in [3.63, 3.8) is 0 Å². The van der Waals surface area contributed by atoms with Crippen molar-refractivity contribution >= 4 is 6.03 Å². The summed E-state index contributed by atoms with van der Waals surface area (Å²) in [5, 5.41) is 11.9. The van der Waals surface area contributed by atoms with Gasteiger partial charge in [0.1, 0.15) is 11.6 Å². The zero-order valence-electron chi connectivity index (χ0n) is 12.7. The van der Waals surface area contributed by atoms with Crippen molar-refractivity contribution < 1.29 is 18.7 Å². The zero-order valence-corrected chi connectivity index (χ0v) is 12.7. The van der Waals surface area contributed by atoms with Crippen LogP contribution in [0.5, 0.6) is 0 Å². The van der Waals surface area contributed by atoms with Gasteiger partial charge in [0.05, 0.1) is 12.6 Å². The Morgan fingerprint density at radius 1 is 1.45 bits per heavy atom. The number of carbonyl (C=O) groups excluding carboxylic acids is 1. The van der Waals surface area contributed by atoms with E-state index in [2.05, 4.69) is 5.32 Å². The van der Waals surface area contributed by atoms with Gasteiger partial charge in [0.2, 0.25) is 0 Å². The summed E-state index contributed by atoms with van der Waals surface area (Å²) in [6.45, 7) is 2.10. The molecule has 0 saturated heterocycles. The van der Waals surface area contributed by atoms with E-state index in [1.807, 2.05) is 6.92 Å². The summed E-state index contributed by atoms with van der Waals surface area (Å²) in [6.07, 6.45) is 3.17. The molecule has 0 spiro atoms. The van der Waals surface area contributed by atoms with E-state index in [1.54, 1.807) is 4.90 Å². The Morgan fingerprint density at radius 3 is 2.73 bits per heavy atom. The van der Waals surface area contributed by atoms with Gasteiger partial charge >= 0.3 is 6.03 Å². The first kappa shape index (κ1) is 16.7. The lowest BCUT2D eigenvalue weighted by Gasteiger charge is -2.26. The summed E-state index contributed by atoms with van der Waals surface area (Å²) in [5.41, 5.74) is 0.288. The van der Waals surface area contributed by atoms with Crippen LogP contribution in [0, 0.1) is 11.6 Å². The maximum Gasteiger partial charge on any atom is 0.318 e. The van der Waals surface area contributed by atoms with Crippen LogP contribution in [0.25, 0.3) is 0 Å². The van der Waals surface area contributed by atoms with E-state index in [9.17, 15) is 13.6 Å². The number of benzene rings is 1. The van der Waals surface area contributed by atoms with E-state index in [-0.39, 0.29) is 30.8 Å². The second-order valence-corrected chi connectivity index (χ2v) is 5.60. The van der Waals surface area contributed by atoms with Gasteiger partial charge in [-0.15, -0.1) is 0 Å². The first-order valence-electron chi connectivity index (χ1n) is 7.69. The number of nitrogens with zero attached hydrogens (tertiary/aromatic N) is 1. The van der Waals surface area contributed by atoms with Crippen LogP contribution in [-0.4, -0.2) is 35.2 Å². The molecule has 0 radical (unpaired) electrons. The standard InChI is InChI=1S/C16H22F2N2O2/c1-2-3-15(13-7-4-11(17)10-14(13)18)19-16(22)20(8-9-21)12-5-6-12/h4,7,10,12,15,21H,2-3,5-6,8-9H2,1H3,(H,19,22). The summed E-state index contributed by atoms with van der Waals surface area (Å²) < 4.78 is 27.0. The molecule has 1 atom stereocenters. The van der Waals surface area contributed by atoms with Gasteiger partial charge in [0, 0.05) is 24.2 Å². The van der Waals surface area contributed by atoms with Crippen molar-refractivity contribution in [3.05, 3.63) is 35.4 Å². The van der Waals surface area contributed by atoms with Crippen LogP contribution in [-0.2, 0) is 0 Å². The average molecular weight is 312 g/mol. The highest BCUT2D eigenvalue weighted by molar-refractivity contribution is 5.75. The van der Waals surface area contributed by atoms with E-state index in [4.69, 9.17) is 5.11 Å². The molecule has 1 saturated carbocycles. The van der Waals surface area contributed by atoms with Gasteiger partial charge in [-0.1, -0.05) is 19.4 Å². The lowest BCUT2D eigenvalue weighted by Crippen LogP contribution is -2.44. The van der Waals surface area contributed by atoms with E-state index < -0.39 is 17.7 Å². The van der Waals surface area contributed by atoms with Gasteiger partial charge in [-0.2, -0.15) is 0 Å². The Balaban J connectivity index is 2.11. The normalized spacial score (nSPS) is 15.5. The molecule has 1 aromatic rings. The summed E-state index contributed by atoms with van der Waals surface area (Å²) in [4.78, 5) is 13.9. The number of carbonyl (C=O) groups is 1. The summed E-state index contributed by atoms with van der Waals surface area (Å²) in [5.74, 6) is -1.29.